The second-order valence-corrected chi connectivity index (χ2v) is 5.55. The summed E-state index contributed by atoms with van der Waals surface area (Å²) < 4.78 is 4.93. The summed E-state index contributed by atoms with van der Waals surface area (Å²) in [5.74, 6) is -0.119. The van der Waals surface area contributed by atoms with E-state index in [1.54, 1.807) is 31.4 Å². The third-order valence-corrected chi connectivity index (χ3v) is 3.79. The zero-order valence-corrected chi connectivity index (χ0v) is 12.9. The van der Waals surface area contributed by atoms with Crippen molar-refractivity contribution in [2.45, 2.75) is 0 Å². The van der Waals surface area contributed by atoms with Crippen LogP contribution >= 0.6 is 22.9 Å². The van der Waals surface area contributed by atoms with E-state index in [0.717, 1.165) is 0 Å². The Hall–Kier alpha value is -1.83. The first kappa shape index (κ1) is 15.6. The number of hydrogen-bond acceptors (Lipinski definition) is 6. The first-order valence-corrected chi connectivity index (χ1v) is 7.35. The van der Waals surface area contributed by atoms with Gasteiger partial charge < -0.3 is 21.1 Å². The van der Waals surface area contributed by atoms with Crippen molar-refractivity contribution >= 4 is 45.5 Å². The summed E-state index contributed by atoms with van der Waals surface area (Å²) in [7, 11) is 1.61. The first-order valence-electron chi connectivity index (χ1n) is 6.16. The fourth-order valence-electron chi connectivity index (χ4n) is 1.58. The van der Waals surface area contributed by atoms with Gasteiger partial charge in [-0.2, -0.15) is 0 Å². The van der Waals surface area contributed by atoms with Crippen molar-refractivity contribution in [3.63, 3.8) is 0 Å². The average Bonchev–Trinajstić information content (AvgIpc) is 2.80. The van der Waals surface area contributed by atoms with Crippen molar-refractivity contribution in [3.8, 4) is 0 Å². The molecule has 0 aliphatic heterocycles. The van der Waals surface area contributed by atoms with Crippen molar-refractivity contribution in [3.05, 3.63) is 34.2 Å². The molecule has 0 aliphatic carbocycles. The number of methoxy groups -OCH3 is 1. The molecule has 1 aromatic carbocycles. The molecule has 8 heteroatoms. The molecule has 1 amide bonds. The normalized spacial score (nSPS) is 10.4. The van der Waals surface area contributed by atoms with Gasteiger partial charge in [-0.25, -0.2) is 4.98 Å². The van der Waals surface area contributed by atoms with Gasteiger partial charge in [-0.15, -0.1) is 0 Å². The van der Waals surface area contributed by atoms with Gasteiger partial charge in [0.25, 0.3) is 5.91 Å². The third-order valence-electron chi connectivity index (χ3n) is 2.52. The molecule has 21 heavy (non-hydrogen) atoms. The summed E-state index contributed by atoms with van der Waals surface area (Å²) >= 11 is 7.07. The molecule has 0 unspecified atom stereocenters. The lowest BCUT2D eigenvalue weighted by Gasteiger charge is -2.03. The van der Waals surface area contributed by atoms with Gasteiger partial charge in [0, 0.05) is 24.4 Å². The molecular weight excluding hydrogens is 312 g/mol. The molecule has 0 bridgehead atoms. The molecule has 2 aromatic rings. The molecule has 0 aliphatic rings. The first-order chi connectivity index (χ1) is 10.1. The Kier molecular flexibility index (Phi) is 5.38. The summed E-state index contributed by atoms with van der Waals surface area (Å²) in [6.07, 6.45) is 0. The van der Waals surface area contributed by atoms with Crippen molar-refractivity contribution in [1.82, 2.24) is 4.98 Å². The van der Waals surface area contributed by atoms with Gasteiger partial charge in [-0.1, -0.05) is 29.0 Å². The van der Waals surface area contributed by atoms with Crippen molar-refractivity contribution in [2.24, 2.45) is 0 Å². The SMILES string of the molecule is COCCNc1nc(N)c(C(=O)Nc2cccc(Cl)c2)s1. The molecule has 0 saturated carbocycles. The maximum absolute atomic E-state index is 12.2. The van der Waals surface area contributed by atoms with Crippen LogP contribution in [0.3, 0.4) is 0 Å². The Labute approximate surface area is 131 Å². The highest BCUT2D eigenvalue weighted by Gasteiger charge is 2.16. The highest BCUT2D eigenvalue weighted by atomic mass is 35.5. The summed E-state index contributed by atoms with van der Waals surface area (Å²) in [4.78, 5) is 16.6. The molecule has 1 heterocycles. The highest BCUT2D eigenvalue weighted by Crippen LogP contribution is 2.26. The number of carbonyl (C=O) groups excluding carboxylic acids is 1. The second-order valence-electron chi connectivity index (χ2n) is 4.12. The lowest BCUT2D eigenvalue weighted by atomic mass is 10.3. The third kappa shape index (κ3) is 4.32. The summed E-state index contributed by atoms with van der Waals surface area (Å²) in [5, 5.41) is 6.90. The standard InChI is InChI=1S/C13H15ClN4O2S/c1-20-6-5-16-13-18-11(15)10(21-13)12(19)17-9-4-2-3-8(14)7-9/h2-4,7H,5-6,15H2,1H3,(H,16,18)(H,17,19). The zero-order chi connectivity index (χ0) is 15.2. The number of anilines is 3. The number of nitrogens with one attached hydrogen (secondary N) is 2. The Morgan fingerprint density at radius 3 is 3.05 bits per heavy atom. The number of rotatable bonds is 6. The Morgan fingerprint density at radius 1 is 1.52 bits per heavy atom. The number of nitrogens with zero attached hydrogens (tertiary/aromatic N) is 1. The van der Waals surface area contributed by atoms with E-state index in [1.165, 1.54) is 11.3 Å². The van der Waals surface area contributed by atoms with Crippen LogP contribution in [-0.4, -0.2) is 31.2 Å². The largest absolute Gasteiger partial charge is 0.383 e. The fourth-order valence-corrected chi connectivity index (χ4v) is 2.58. The topological polar surface area (TPSA) is 89.3 Å². The Bertz CT molecular complexity index is 632. The predicted octanol–water partition coefficient (Wildman–Crippen LogP) is 2.69. The van der Waals surface area contributed by atoms with Gasteiger partial charge in [-0.3, -0.25) is 4.79 Å². The van der Waals surface area contributed by atoms with Crippen LogP contribution in [0.2, 0.25) is 5.02 Å². The Balaban J connectivity index is 2.05. The van der Waals surface area contributed by atoms with Crippen LogP contribution in [-0.2, 0) is 4.74 Å². The van der Waals surface area contributed by atoms with Crippen molar-refractivity contribution < 1.29 is 9.53 Å². The Morgan fingerprint density at radius 2 is 2.33 bits per heavy atom. The quantitative estimate of drug-likeness (QED) is 0.710. The number of aromatic nitrogens is 1. The molecular formula is C13H15ClN4O2S. The fraction of sp³-hybridized carbons (Fsp3) is 0.231. The number of carbonyl (C=O) groups is 1. The van der Waals surface area contributed by atoms with Crippen LogP contribution in [0.5, 0.6) is 0 Å². The minimum Gasteiger partial charge on any atom is -0.383 e. The van der Waals surface area contributed by atoms with Gasteiger partial charge in [0.05, 0.1) is 6.61 Å². The predicted molar refractivity (Wildman–Crippen MR) is 86.3 cm³/mol. The number of nitrogen functional groups attached to an aromatic ring is 1. The number of hydrogen-bond donors (Lipinski definition) is 3. The van der Waals surface area contributed by atoms with Gasteiger partial charge in [0.15, 0.2) is 5.13 Å². The second kappa shape index (κ2) is 7.26. The summed E-state index contributed by atoms with van der Waals surface area (Å²) in [6, 6.07) is 6.90. The number of nitrogens with two attached hydrogens (primary N) is 1. The molecule has 6 nitrogen and oxygen atoms in total. The van der Waals surface area contributed by atoms with Crippen molar-refractivity contribution in [1.29, 1.82) is 0 Å². The van der Waals surface area contributed by atoms with E-state index in [2.05, 4.69) is 15.6 Å². The van der Waals surface area contributed by atoms with Crippen LogP contribution in [0.15, 0.2) is 24.3 Å². The number of benzene rings is 1. The molecule has 1 aromatic heterocycles. The number of amides is 1. The van der Waals surface area contributed by atoms with Crippen LogP contribution in [0.1, 0.15) is 9.67 Å². The minimum atomic E-state index is -0.313. The van der Waals surface area contributed by atoms with Gasteiger partial charge >= 0.3 is 0 Å². The maximum Gasteiger partial charge on any atom is 0.269 e. The van der Waals surface area contributed by atoms with E-state index in [4.69, 9.17) is 22.1 Å². The molecule has 2 rings (SSSR count). The minimum absolute atomic E-state index is 0.194. The zero-order valence-electron chi connectivity index (χ0n) is 11.4. The van der Waals surface area contributed by atoms with Crippen molar-refractivity contribution in [2.75, 3.05) is 36.6 Å². The van der Waals surface area contributed by atoms with Crippen LogP contribution in [0, 0.1) is 0 Å². The lowest BCUT2D eigenvalue weighted by molar-refractivity contribution is 0.103. The maximum atomic E-state index is 12.2. The van der Waals surface area contributed by atoms with Crippen LogP contribution < -0.4 is 16.4 Å². The molecule has 0 radical (unpaired) electrons. The van der Waals surface area contributed by atoms with E-state index >= 15 is 0 Å². The average molecular weight is 327 g/mol. The van der Waals surface area contributed by atoms with Crippen LogP contribution in [0.4, 0.5) is 16.6 Å². The molecule has 0 saturated heterocycles. The van der Waals surface area contributed by atoms with E-state index in [9.17, 15) is 4.79 Å². The van der Waals surface area contributed by atoms with Crippen LogP contribution in [0.25, 0.3) is 0 Å². The smallest absolute Gasteiger partial charge is 0.269 e. The van der Waals surface area contributed by atoms with E-state index in [1.807, 2.05) is 0 Å². The number of ether oxygens (including phenoxy) is 1. The highest BCUT2D eigenvalue weighted by molar-refractivity contribution is 7.18. The van der Waals surface area contributed by atoms with Gasteiger partial charge in [0.2, 0.25) is 0 Å². The molecule has 0 fully saturated rings. The molecule has 112 valence electrons. The van der Waals surface area contributed by atoms with Gasteiger partial charge in [0.1, 0.15) is 10.7 Å². The van der Waals surface area contributed by atoms with E-state index < -0.39 is 0 Å². The molecule has 4 N–H and O–H groups in total. The molecule has 0 spiro atoms. The van der Waals surface area contributed by atoms with E-state index in [-0.39, 0.29) is 11.7 Å². The molecule has 0 atom stereocenters. The number of thiazole rings is 1. The lowest BCUT2D eigenvalue weighted by Crippen LogP contribution is -2.12. The van der Waals surface area contributed by atoms with Gasteiger partial charge in [-0.05, 0) is 18.2 Å². The van der Waals surface area contributed by atoms with E-state index in [0.29, 0.717) is 33.9 Å². The monoisotopic (exact) mass is 326 g/mol. The number of halogens is 1. The summed E-state index contributed by atoms with van der Waals surface area (Å²) in [6.45, 7) is 1.14. The summed E-state index contributed by atoms with van der Waals surface area (Å²) in [5.41, 5.74) is 6.38.